The fraction of sp³-hybridized carbons (Fsp3) is 0.250. The number of nitro groups is 1. The first-order chi connectivity index (χ1) is 13.3. The van der Waals surface area contributed by atoms with Gasteiger partial charge in [-0.15, -0.1) is 0 Å². The summed E-state index contributed by atoms with van der Waals surface area (Å²) in [5, 5.41) is 14.6. The number of sulfonamides is 1. The van der Waals surface area contributed by atoms with E-state index in [-0.39, 0.29) is 17.2 Å². The molecule has 1 saturated heterocycles. The molecule has 2 aromatic rings. The van der Waals surface area contributed by atoms with Gasteiger partial charge in [-0.25, -0.2) is 13.8 Å². The number of hydrogen-bond donors (Lipinski definition) is 1. The molecule has 10 nitrogen and oxygen atoms in total. The molecule has 0 radical (unpaired) electrons. The van der Waals surface area contributed by atoms with Gasteiger partial charge < -0.3 is 4.42 Å². The lowest BCUT2D eigenvalue weighted by Gasteiger charge is -2.22. The van der Waals surface area contributed by atoms with Crippen molar-refractivity contribution in [3.05, 3.63) is 57.3 Å². The third kappa shape index (κ3) is 4.21. The van der Waals surface area contributed by atoms with Crippen molar-refractivity contribution in [2.45, 2.75) is 23.8 Å². The Kier molecular flexibility index (Phi) is 5.77. The number of rotatable bonds is 6. The average Bonchev–Trinajstić information content (AvgIpc) is 3.32. The van der Waals surface area contributed by atoms with Crippen molar-refractivity contribution in [3.63, 3.8) is 0 Å². The largest absolute Gasteiger partial charge is 0.433 e. The Morgan fingerprint density at radius 3 is 2.68 bits per heavy atom. The van der Waals surface area contributed by atoms with Gasteiger partial charge in [0.05, 0.1) is 17.2 Å². The molecular weight excluding hydrogens is 412 g/mol. The first-order valence-electron chi connectivity index (χ1n) is 8.13. The van der Waals surface area contributed by atoms with E-state index in [1.54, 1.807) is 0 Å². The van der Waals surface area contributed by atoms with Gasteiger partial charge in [-0.2, -0.15) is 9.41 Å². The van der Waals surface area contributed by atoms with Crippen molar-refractivity contribution >= 4 is 39.6 Å². The van der Waals surface area contributed by atoms with Crippen molar-refractivity contribution in [1.82, 2.24) is 9.73 Å². The van der Waals surface area contributed by atoms with Crippen LogP contribution in [0.4, 0.5) is 5.88 Å². The van der Waals surface area contributed by atoms with Gasteiger partial charge in [0.25, 0.3) is 5.91 Å². The van der Waals surface area contributed by atoms with Gasteiger partial charge in [0.2, 0.25) is 10.0 Å². The topological polar surface area (TPSA) is 135 Å². The molecule has 28 heavy (non-hydrogen) atoms. The van der Waals surface area contributed by atoms with E-state index in [0.29, 0.717) is 17.9 Å². The van der Waals surface area contributed by atoms with Crippen LogP contribution >= 0.6 is 11.6 Å². The molecule has 0 bridgehead atoms. The third-order valence-corrected chi connectivity index (χ3v) is 6.26. The van der Waals surface area contributed by atoms with E-state index in [4.69, 9.17) is 16.0 Å². The maximum absolute atomic E-state index is 12.8. The number of furan rings is 1. The minimum atomic E-state index is -3.86. The minimum Gasteiger partial charge on any atom is -0.400 e. The molecule has 1 aliphatic heterocycles. The van der Waals surface area contributed by atoms with Crippen LogP contribution in [0.5, 0.6) is 0 Å². The number of hydrogen-bond acceptors (Lipinski definition) is 7. The molecule has 1 fully saturated rings. The van der Waals surface area contributed by atoms with E-state index in [2.05, 4.69) is 10.5 Å². The van der Waals surface area contributed by atoms with Crippen LogP contribution in [0.1, 0.15) is 18.6 Å². The maximum atomic E-state index is 12.8. The Hall–Kier alpha value is -2.76. The lowest BCUT2D eigenvalue weighted by Crippen LogP contribution is -2.44. The zero-order valence-corrected chi connectivity index (χ0v) is 15.9. The zero-order chi connectivity index (χ0) is 20.3. The second kappa shape index (κ2) is 8.09. The van der Waals surface area contributed by atoms with Crippen LogP contribution in [-0.2, 0) is 14.8 Å². The lowest BCUT2D eigenvalue weighted by atomic mass is 10.2. The summed E-state index contributed by atoms with van der Waals surface area (Å²) >= 11 is 5.79. The Morgan fingerprint density at radius 1 is 1.32 bits per heavy atom. The zero-order valence-electron chi connectivity index (χ0n) is 14.3. The number of amides is 1. The summed E-state index contributed by atoms with van der Waals surface area (Å²) in [5.74, 6) is -0.986. The van der Waals surface area contributed by atoms with E-state index in [1.165, 1.54) is 30.3 Å². The molecular formula is C16H15ClN4O6S. The summed E-state index contributed by atoms with van der Waals surface area (Å²) in [4.78, 5) is 22.3. The van der Waals surface area contributed by atoms with Crippen LogP contribution in [0.25, 0.3) is 0 Å². The quantitative estimate of drug-likeness (QED) is 0.427. The standard InChI is InChI=1S/C16H15ClN4O6S/c17-11-3-6-13(7-4-11)28(25,26)20-9-1-2-14(20)16(22)19-18-10-12-5-8-15(27-12)21(23)24/h3-8,10,14H,1-2,9H2,(H,19,22)/b18-10-/t14-/m0/s1. The lowest BCUT2D eigenvalue weighted by molar-refractivity contribution is -0.402. The fourth-order valence-corrected chi connectivity index (χ4v) is 4.56. The highest BCUT2D eigenvalue weighted by atomic mass is 35.5. The van der Waals surface area contributed by atoms with Crippen LogP contribution < -0.4 is 5.43 Å². The summed E-state index contributed by atoms with van der Waals surface area (Å²) in [6, 6.07) is 7.25. The van der Waals surface area contributed by atoms with Crippen LogP contribution in [0.2, 0.25) is 5.02 Å². The highest BCUT2D eigenvalue weighted by Gasteiger charge is 2.39. The molecule has 0 aliphatic carbocycles. The molecule has 12 heteroatoms. The highest BCUT2D eigenvalue weighted by Crippen LogP contribution is 2.27. The molecule has 1 amide bonds. The Bertz CT molecular complexity index is 1020. The van der Waals surface area contributed by atoms with Gasteiger partial charge in [0.15, 0.2) is 5.76 Å². The van der Waals surface area contributed by atoms with Gasteiger partial charge >= 0.3 is 5.88 Å². The van der Waals surface area contributed by atoms with E-state index < -0.39 is 32.8 Å². The van der Waals surface area contributed by atoms with Crippen molar-refractivity contribution in [3.8, 4) is 0 Å². The molecule has 148 valence electrons. The maximum Gasteiger partial charge on any atom is 0.433 e. The number of carbonyl (C=O) groups is 1. The van der Waals surface area contributed by atoms with Crippen molar-refractivity contribution < 1.29 is 22.6 Å². The van der Waals surface area contributed by atoms with Crippen molar-refractivity contribution in [2.24, 2.45) is 5.10 Å². The van der Waals surface area contributed by atoms with Crippen LogP contribution in [0, 0.1) is 10.1 Å². The number of hydrazone groups is 1. The predicted octanol–water partition coefficient (Wildman–Crippen LogP) is 2.14. The number of nitrogens with zero attached hydrogens (tertiary/aromatic N) is 3. The van der Waals surface area contributed by atoms with E-state index in [0.717, 1.165) is 16.6 Å². The third-order valence-electron chi connectivity index (χ3n) is 4.09. The Labute approximate surface area is 165 Å². The van der Waals surface area contributed by atoms with E-state index >= 15 is 0 Å². The van der Waals surface area contributed by atoms with Gasteiger partial charge in [-0.1, -0.05) is 11.6 Å². The monoisotopic (exact) mass is 426 g/mol. The van der Waals surface area contributed by atoms with E-state index in [1.807, 2.05) is 0 Å². The normalized spacial score (nSPS) is 17.8. The summed E-state index contributed by atoms with van der Waals surface area (Å²) in [5.41, 5.74) is 2.25. The molecule has 0 saturated carbocycles. The van der Waals surface area contributed by atoms with Crippen molar-refractivity contribution in [1.29, 1.82) is 0 Å². The van der Waals surface area contributed by atoms with Crippen molar-refractivity contribution in [2.75, 3.05) is 6.54 Å². The molecule has 3 rings (SSSR count). The summed E-state index contributed by atoms with van der Waals surface area (Å²) in [7, 11) is -3.86. The van der Waals surface area contributed by atoms with Crippen LogP contribution in [0.3, 0.4) is 0 Å². The molecule has 1 aromatic carbocycles. The van der Waals surface area contributed by atoms with Crippen LogP contribution in [0.15, 0.2) is 50.8 Å². The molecule has 1 N–H and O–H groups in total. The fourth-order valence-electron chi connectivity index (χ4n) is 2.78. The van der Waals surface area contributed by atoms with E-state index in [9.17, 15) is 23.3 Å². The Balaban J connectivity index is 1.69. The smallest absolute Gasteiger partial charge is 0.400 e. The Morgan fingerprint density at radius 2 is 2.04 bits per heavy atom. The average molecular weight is 427 g/mol. The summed E-state index contributed by atoms with van der Waals surface area (Å²) in [6.07, 6.45) is 1.97. The number of nitrogens with one attached hydrogen (secondary N) is 1. The van der Waals surface area contributed by atoms with Gasteiger partial charge in [-0.05, 0) is 43.2 Å². The molecule has 0 spiro atoms. The number of carbonyl (C=O) groups excluding carboxylic acids is 1. The van der Waals surface area contributed by atoms with Gasteiger partial charge in [0, 0.05) is 11.6 Å². The highest BCUT2D eigenvalue weighted by molar-refractivity contribution is 7.89. The second-order valence-electron chi connectivity index (χ2n) is 5.90. The predicted molar refractivity (Wildman–Crippen MR) is 99.5 cm³/mol. The van der Waals surface area contributed by atoms with Gasteiger partial charge in [-0.3, -0.25) is 14.9 Å². The SMILES string of the molecule is O=C(N/N=C\c1ccc([N+](=O)[O-])o1)[C@@H]1CCCN1S(=O)(=O)c1ccc(Cl)cc1. The molecule has 1 aromatic heterocycles. The second-order valence-corrected chi connectivity index (χ2v) is 8.22. The summed E-state index contributed by atoms with van der Waals surface area (Å²) in [6.45, 7) is 0.205. The molecule has 1 atom stereocenters. The summed E-state index contributed by atoms with van der Waals surface area (Å²) < 4.78 is 31.6. The number of benzene rings is 1. The number of halogens is 1. The van der Waals surface area contributed by atoms with Gasteiger partial charge in [0.1, 0.15) is 11.0 Å². The van der Waals surface area contributed by atoms with Crippen LogP contribution in [-0.4, -0.2) is 42.4 Å². The minimum absolute atomic E-state index is 0.0444. The first-order valence-corrected chi connectivity index (χ1v) is 9.95. The molecule has 2 heterocycles. The molecule has 0 unspecified atom stereocenters. The molecule has 1 aliphatic rings. The first kappa shape index (κ1) is 20.0.